The van der Waals surface area contributed by atoms with Gasteiger partial charge in [-0.2, -0.15) is 0 Å². The number of hydrogen-bond donors (Lipinski definition) is 2. The number of nitrogens with one attached hydrogen (secondary N) is 1. The van der Waals surface area contributed by atoms with Gasteiger partial charge in [0.1, 0.15) is 5.65 Å². The van der Waals surface area contributed by atoms with E-state index < -0.39 is 0 Å². The van der Waals surface area contributed by atoms with Crippen LogP contribution in [-0.2, 0) is 6.54 Å². The Balaban J connectivity index is 2.11. The Morgan fingerprint density at radius 3 is 2.89 bits per heavy atom. The standard InChI is InChI=1S/C14H21N5/c1-10-5-6-19-9-11(17-12(19)7-10)8-16-13(15)18-14(2,3)4/h5-7,9H,8H2,1-4H3,(H3,15,16,18). The second kappa shape index (κ2) is 4.91. The molecule has 3 N–H and O–H groups in total. The number of fused-ring (bicyclic) bond motifs is 1. The summed E-state index contributed by atoms with van der Waals surface area (Å²) < 4.78 is 1.99. The molecule has 5 heteroatoms. The van der Waals surface area contributed by atoms with Crippen molar-refractivity contribution >= 4 is 11.6 Å². The Hall–Kier alpha value is -2.04. The van der Waals surface area contributed by atoms with E-state index in [4.69, 9.17) is 5.73 Å². The van der Waals surface area contributed by atoms with E-state index in [1.165, 1.54) is 5.56 Å². The average molecular weight is 259 g/mol. The minimum atomic E-state index is -0.0798. The topological polar surface area (TPSA) is 67.7 Å². The van der Waals surface area contributed by atoms with Crippen LogP contribution in [0.15, 0.2) is 29.5 Å². The minimum Gasteiger partial charge on any atom is -0.370 e. The van der Waals surface area contributed by atoms with Crippen LogP contribution in [0.2, 0.25) is 0 Å². The molecule has 0 amide bonds. The molecule has 0 unspecified atom stereocenters. The van der Waals surface area contributed by atoms with Gasteiger partial charge in [0.15, 0.2) is 5.96 Å². The van der Waals surface area contributed by atoms with E-state index in [0.717, 1.165) is 11.3 Å². The third-order valence-electron chi connectivity index (χ3n) is 2.58. The number of nitrogens with two attached hydrogens (primary N) is 1. The van der Waals surface area contributed by atoms with Gasteiger partial charge in [0, 0.05) is 17.9 Å². The summed E-state index contributed by atoms with van der Waals surface area (Å²) in [5, 5.41) is 3.13. The second-order valence-electron chi connectivity index (χ2n) is 5.78. The molecule has 0 radical (unpaired) electrons. The number of pyridine rings is 1. The van der Waals surface area contributed by atoms with Gasteiger partial charge in [-0.05, 0) is 45.4 Å². The van der Waals surface area contributed by atoms with Gasteiger partial charge in [-0.3, -0.25) is 0 Å². The summed E-state index contributed by atoms with van der Waals surface area (Å²) in [7, 11) is 0. The first kappa shape index (κ1) is 13.4. The monoisotopic (exact) mass is 259 g/mol. The second-order valence-corrected chi connectivity index (χ2v) is 5.78. The van der Waals surface area contributed by atoms with Crippen LogP contribution in [0.4, 0.5) is 0 Å². The fourth-order valence-corrected chi connectivity index (χ4v) is 1.80. The zero-order valence-corrected chi connectivity index (χ0v) is 11.9. The zero-order valence-electron chi connectivity index (χ0n) is 11.9. The van der Waals surface area contributed by atoms with Gasteiger partial charge in [0.05, 0.1) is 12.2 Å². The van der Waals surface area contributed by atoms with E-state index in [-0.39, 0.29) is 5.54 Å². The predicted octanol–water partition coefficient (Wildman–Crippen LogP) is 1.85. The molecule has 0 saturated carbocycles. The lowest BCUT2D eigenvalue weighted by atomic mass is 10.1. The molecule has 0 aliphatic carbocycles. The van der Waals surface area contributed by atoms with Crippen LogP contribution in [0.1, 0.15) is 32.0 Å². The Kier molecular flexibility index (Phi) is 3.46. The lowest BCUT2D eigenvalue weighted by Gasteiger charge is -2.20. The van der Waals surface area contributed by atoms with Gasteiger partial charge in [0.25, 0.3) is 0 Å². The van der Waals surface area contributed by atoms with Gasteiger partial charge >= 0.3 is 0 Å². The molecule has 0 bridgehead atoms. The summed E-state index contributed by atoms with van der Waals surface area (Å²) in [5.41, 5.74) is 8.79. The molecule has 0 aromatic carbocycles. The molecule has 0 fully saturated rings. The van der Waals surface area contributed by atoms with Crippen molar-refractivity contribution < 1.29 is 0 Å². The first-order valence-corrected chi connectivity index (χ1v) is 6.36. The summed E-state index contributed by atoms with van der Waals surface area (Å²) in [4.78, 5) is 8.82. The smallest absolute Gasteiger partial charge is 0.189 e. The molecule has 2 aromatic rings. The molecule has 0 saturated heterocycles. The number of guanidine groups is 1. The fraction of sp³-hybridized carbons (Fsp3) is 0.429. The number of imidazole rings is 1. The molecule has 0 aliphatic heterocycles. The van der Waals surface area contributed by atoms with Gasteiger partial charge in [-0.1, -0.05) is 0 Å². The Bertz CT molecular complexity index is 604. The maximum absolute atomic E-state index is 5.83. The SMILES string of the molecule is Cc1ccn2cc(CN=C(N)NC(C)(C)C)nc2c1. The predicted molar refractivity (Wildman–Crippen MR) is 78.1 cm³/mol. The summed E-state index contributed by atoms with van der Waals surface area (Å²) in [6.45, 7) is 8.67. The van der Waals surface area contributed by atoms with Crippen molar-refractivity contribution in [2.24, 2.45) is 10.7 Å². The van der Waals surface area contributed by atoms with Crippen LogP contribution >= 0.6 is 0 Å². The highest BCUT2D eigenvalue weighted by Crippen LogP contribution is 2.08. The molecule has 0 atom stereocenters. The van der Waals surface area contributed by atoms with Crippen molar-refractivity contribution in [3.63, 3.8) is 0 Å². The quantitative estimate of drug-likeness (QED) is 0.639. The van der Waals surface area contributed by atoms with Crippen LogP contribution in [0.25, 0.3) is 5.65 Å². The molecule has 0 spiro atoms. The highest BCUT2D eigenvalue weighted by Gasteiger charge is 2.09. The number of aromatic nitrogens is 2. The lowest BCUT2D eigenvalue weighted by Crippen LogP contribution is -2.44. The van der Waals surface area contributed by atoms with E-state index in [1.54, 1.807) is 0 Å². The van der Waals surface area contributed by atoms with Crippen LogP contribution in [0.5, 0.6) is 0 Å². The molecule has 2 rings (SSSR count). The fourth-order valence-electron chi connectivity index (χ4n) is 1.80. The summed E-state index contributed by atoms with van der Waals surface area (Å²) >= 11 is 0. The molecule has 0 aliphatic rings. The zero-order chi connectivity index (χ0) is 14.0. The number of nitrogens with zero attached hydrogens (tertiary/aromatic N) is 3. The molecular formula is C14H21N5. The summed E-state index contributed by atoms with van der Waals surface area (Å²) in [5.74, 6) is 0.445. The first-order valence-electron chi connectivity index (χ1n) is 6.36. The summed E-state index contributed by atoms with van der Waals surface area (Å²) in [6, 6.07) is 4.10. The molecule has 19 heavy (non-hydrogen) atoms. The molecule has 2 aromatic heterocycles. The Labute approximate surface area is 113 Å². The maximum Gasteiger partial charge on any atom is 0.189 e. The van der Waals surface area contributed by atoms with Gasteiger partial charge < -0.3 is 15.5 Å². The number of aliphatic imine (C=N–C) groups is 1. The third-order valence-corrected chi connectivity index (χ3v) is 2.58. The van der Waals surface area contributed by atoms with Crippen LogP contribution < -0.4 is 11.1 Å². The third kappa shape index (κ3) is 3.71. The first-order chi connectivity index (χ1) is 8.83. The van der Waals surface area contributed by atoms with Crippen molar-refractivity contribution in [2.45, 2.75) is 39.8 Å². The maximum atomic E-state index is 5.83. The number of rotatable bonds is 2. The highest BCUT2D eigenvalue weighted by molar-refractivity contribution is 5.78. The highest BCUT2D eigenvalue weighted by atomic mass is 15.1. The van der Waals surface area contributed by atoms with Gasteiger partial charge in [-0.15, -0.1) is 0 Å². The van der Waals surface area contributed by atoms with Crippen molar-refractivity contribution in [1.82, 2.24) is 14.7 Å². The average Bonchev–Trinajstić information content (AvgIpc) is 2.66. The van der Waals surface area contributed by atoms with Crippen LogP contribution in [-0.4, -0.2) is 20.9 Å². The normalized spacial score (nSPS) is 12.9. The minimum absolute atomic E-state index is 0.0798. The van der Waals surface area contributed by atoms with E-state index in [9.17, 15) is 0 Å². The van der Waals surface area contributed by atoms with Crippen LogP contribution in [0.3, 0.4) is 0 Å². The van der Waals surface area contributed by atoms with Crippen molar-refractivity contribution in [1.29, 1.82) is 0 Å². The van der Waals surface area contributed by atoms with Crippen molar-refractivity contribution in [3.05, 3.63) is 35.8 Å². The van der Waals surface area contributed by atoms with E-state index >= 15 is 0 Å². The van der Waals surface area contributed by atoms with Gasteiger partial charge in [0.2, 0.25) is 0 Å². The Morgan fingerprint density at radius 2 is 2.21 bits per heavy atom. The summed E-state index contributed by atoms with van der Waals surface area (Å²) in [6.07, 6.45) is 3.98. The molecule has 5 nitrogen and oxygen atoms in total. The van der Waals surface area contributed by atoms with Gasteiger partial charge in [-0.25, -0.2) is 9.98 Å². The Morgan fingerprint density at radius 1 is 1.47 bits per heavy atom. The molecule has 2 heterocycles. The lowest BCUT2D eigenvalue weighted by molar-refractivity contribution is 0.508. The van der Waals surface area contributed by atoms with E-state index in [0.29, 0.717) is 12.5 Å². The number of aryl methyl sites for hydroxylation is 1. The largest absolute Gasteiger partial charge is 0.370 e. The molecular weight excluding hydrogens is 238 g/mol. The van der Waals surface area contributed by atoms with Crippen molar-refractivity contribution in [2.75, 3.05) is 0 Å². The molecule has 102 valence electrons. The number of hydrogen-bond acceptors (Lipinski definition) is 2. The van der Waals surface area contributed by atoms with Crippen molar-refractivity contribution in [3.8, 4) is 0 Å². The van der Waals surface area contributed by atoms with Crippen LogP contribution in [0, 0.1) is 6.92 Å². The van der Waals surface area contributed by atoms with E-state index in [2.05, 4.69) is 28.3 Å². The van der Waals surface area contributed by atoms with E-state index in [1.807, 2.05) is 43.6 Å².